The van der Waals surface area contributed by atoms with Gasteiger partial charge in [-0.2, -0.15) is 0 Å². The van der Waals surface area contributed by atoms with Crippen LogP contribution in [0.25, 0.3) is 0 Å². The number of nitrogens with one attached hydrogen (secondary N) is 1. The van der Waals surface area contributed by atoms with Crippen LogP contribution in [0.2, 0.25) is 5.02 Å². The summed E-state index contributed by atoms with van der Waals surface area (Å²) in [7, 11) is 0. The van der Waals surface area contributed by atoms with Gasteiger partial charge in [0, 0.05) is 22.4 Å². The molecule has 2 fully saturated rings. The van der Waals surface area contributed by atoms with E-state index in [1.54, 1.807) is 0 Å². The van der Waals surface area contributed by atoms with Crippen molar-refractivity contribution in [2.24, 2.45) is 5.41 Å². The highest BCUT2D eigenvalue weighted by molar-refractivity contribution is 9.10. The molecule has 2 saturated carbocycles. The maximum absolute atomic E-state index is 6.30. The second kappa shape index (κ2) is 6.47. The Balaban J connectivity index is 1.71. The van der Waals surface area contributed by atoms with Crippen molar-refractivity contribution >= 4 is 27.5 Å². The van der Waals surface area contributed by atoms with Gasteiger partial charge in [0.2, 0.25) is 0 Å². The summed E-state index contributed by atoms with van der Waals surface area (Å²) in [5.74, 6) is 0.824. The summed E-state index contributed by atoms with van der Waals surface area (Å²) in [6.07, 6.45) is 7.84. The zero-order valence-electron chi connectivity index (χ0n) is 12.5. The quantitative estimate of drug-likeness (QED) is 0.768. The molecule has 0 radical (unpaired) electrons. The van der Waals surface area contributed by atoms with Crippen LogP contribution in [-0.4, -0.2) is 18.7 Å². The second-order valence-corrected chi connectivity index (χ2v) is 7.69. The van der Waals surface area contributed by atoms with Gasteiger partial charge in [0.1, 0.15) is 11.9 Å². The molecule has 2 atom stereocenters. The van der Waals surface area contributed by atoms with Gasteiger partial charge in [-0.3, -0.25) is 0 Å². The monoisotopic (exact) mass is 371 g/mol. The molecule has 0 heterocycles. The molecule has 1 aromatic rings. The van der Waals surface area contributed by atoms with Gasteiger partial charge in [-0.15, -0.1) is 0 Å². The van der Waals surface area contributed by atoms with E-state index in [-0.39, 0.29) is 0 Å². The van der Waals surface area contributed by atoms with Crippen molar-refractivity contribution in [3.05, 3.63) is 27.7 Å². The molecule has 0 aromatic heterocycles. The van der Waals surface area contributed by atoms with E-state index in [0.29, 0.717) is 22.6 Å². The normalized spacial score (nSPS) is 26.8. The summed E-state index contributed by atoms with van der Waals surface area (Å²) < 4.78 is 7.28. The summed E-state index contributed by atoms with van der Waals surface area (Å²) in [6, 6.07) is 6.50. The van der Waals surface area contributed by atoms with Crippen molar-refractivity contribution in [3.8, 4) is 5.75 Å². The SMILES string of the molecule is CCCNC1CC(Oc2ccc(Br)cc2Cl)C12CCCC2. The zero-order chi connectivity index (χ0) is 14.9. The first-order valence-corrected chi connectivity index (χ1v) is 9.18. The Kier molecular flexibility index (Phi) is 4.82. The van der Waals surface area contributed by atoms with E-state index in [2.05, 4.69) is 28.2 Å². The Morgan fingerprint density at radius 2 is 2.14 bits per heavy atom. The molecule has 0 bridgehead atoms. The average Bonchev–Trinajstić information content (AvgIpc) is 2.96. The minimum Gasteiger partial charge on any atom is -0.488 e. The lowest BCUT2D eigenvalue weighted by Gasteiger charge is -2.54. The van der Waals surface area contributed by atoms with E-state index >= 15 is 0 Å². The highest BCUT2D eigenvalue weighted by Crippen LogP contribution is 2.55. The van der Waals surface area contributed by atoms with Crippen LogP contribution in [0.3, 0.4) is 0 Å². The smallest absolute Gasteiger partial charge is 0.138 e. The van der Waals surface area contributed by atoms with E-state index in [9.17, 15) is 0 Å². The fraction of sp³-hybridized carbons (Fsp3) is 0.647. The van der Waals surface area contributed by atoms with Gasteiger partial charge in [0.25, 0.3) is 0 Å². The van der Waals surface area contributed by atoms with Crippen LogP contribution in [0.1, 0.15) is 45.4 Å². The predicted molar refractivity (Wildman–Crippen MR) is 91.2 cm³/mol. The second-order valence-electron chi connectivity index (χ2n) is 6.36. The Morgan fingerprint density at radius 3 is 2.81 bits per heavy atom. The van der Waals surface area contributed by atoms with Crippen LogP contribution in [0, 0.1) is 5.41 Å². The number of rotatable bonds is 5. The van der Waals surface area contributed by atoms with E-state index in [4.69, 9.17) is 16.3 Å². The van der Waals surface area contributed by atoms with Gasteiger partial charge in [-0.25, -0.2) is 0 Å². The number of halogens is 2. The molecule has 1 N–H and O–H groups in total. The predicted octanol–water partition coefficient (Wildman–Crippen LogP) is 5.18. The van der Waals surface area contributed by atoms with Gasteiger partial charge >= 0.3 is 0 Å². The van der Waals surface area contributed by atoms with Gasteiger partial charge < -0.3 is 10.1 Å². The highest BCUT2D eigenvalue weighted by atomic mass is 79.9. The maximum Gasteiger partial charge on any atom is 0.138 e. The van der Waals surface area contributed by atoms with Gasteiger partial charge in [0.15, 0.2) is 0 Å². The number of ether oxygens (including phenoxy) is 1. The minimum atomic E-state index is 0.313. The minimum absolute atomic E-state index is 0.313. The molecule has 2 aliphatic carbocycles. The summed E-state index contributed by atoms with van der Waals surface area (Å²) in [6.45, 7) is 3.33. The molecule has 0 saturated heterocycles. The Morgan fingerprint density at radius 1 is 1.38 bits per heavy atom. The fourth-order valence-electron chi connectivity index (χ4n) is 3.95. The molecule has 21 heavy (non-hydrogen) atoms. The molecule has 1 aromatic carbocycles. The van der Waals surface area contributed by atoms with E-state index in [0.717, 1.165) is 23.2 Å². The van der Waals surface area contributed by atoms with E-state index in [1.807, 2.05) is 18.2 Å². The molecule has 3 rings (SSSR count). The van der Waals surface area contributed by atoms with Gasteiger partial charge in [0.05, 0.1) is 5.02 Å². The number of hydrogen-bond acceptors (Lipinski definition) is 2. The summed E-state index contributed by atoms with van der Waals surface area (Å²) in [5, 5.41) is 4.42. The maximum atomic E-state index is 6.30. The van der Waals surface area contributed by atoms with Crippen LogP contribution in [0.4, 0.5) is 0 Å². The molecule has 1 spiro atoms. The third-order valence-electron chi connectivity index (χ3n) is 5.12. The van der Waals surface area contributed by atoms with Crippen molar-refractivity contribution < 1.29 is 4.74 Å². The third kappa shape index (κ3) is 2.97. The first kappa shape index (κ1) is 15.6. The molecular formula is C17H23BrClNO. The lowest BCUT2D eigenvalue weighted by atomic mass is 9.60. The first-order valence-electron chi connectivity index (χ1n) is 8.01. The Bertz CT molecular complexity index is 502. The Labute approximate surface area is 140 Å². The first-order chi connectivity index (χ1) is 10.2. The standard InChI is InChI=1S/C17H23BrClNO/c1-2-9-20-15-11-16(17(15)7-3-4-8-17)21-14-6-5-12(18)10-13(14)19/h5-6,10,15-16,20H,2-4,7-9,11H2,1H3. The summed E-state index contributed by atoms with van der Waals surface area (Å²) in [5.41, 5.74) is 0.339. The number of benzene rings is 1. The molecular weight excluding hydrogens is 350 g/mol. The molecule has 2 unspecified atom stereocenters. The van der Waals surface area contributed by atoms with Crippen molar-refractivity contribution in [3.63, 3.8) is 0 Å². The summed E-state index contributed by atoms with van der Waals surface area (Å²) >= 11 is 9.74. The fourth-order valence-corrected chi connectivity index (χ4v) is 4.66. The van der Waals surface area contributed by atoms with E-state index in [1.165, 1.54) is 32.1 Å². The highest BCUT2D eigenvalue weighted by Gasteiger charge is 2.57. The van der Waals surface area contributed by atoms with Crippen LogP contribution in [0.5, 0.6) is 5.75 Å². The molecule has 116 valence electrons. The van der Waals surface area contributed by atoms with Crippen LogP contribution < -0.4 is 10.1 Å². The van der Waals surface area contributed by atoms with Crippen LogP contribution in [-0.2, 0) is 0 Å². The molecule has 0 amide bonds. The van der Waals surface area contributed by atoms with Gasteiger partial charge in [-0.05, 0) is 44.0 Å². The zero-order valence-corrected chi connectivity index (χ0v) is 14.8. The van der Waals surface area contributed by atoms with Crippen molar-refractivity contribution in [2.75, 3.05) is 6.54 Å². The Hall–Kier alpha value is -0.250. The number of hydrogen-bond donors (Lipinski definition) is 1. The molecule has 0 aliphatic heterocycles. The lowest BCUT2D eigenvalue weighted by Crippen LogP contribution is -2.63. The van der Waals surface area contributed by atoms with Crippen LogP contribution in [0.15, 0.2) is 22.7 Å². The molecule has 4 heteroatoms. The van der Waals surface area contributed by atoms with Crippen molar-refractivity contribution in [1.82, 2.24) is 5.32 Å². The largest absolute Gasteiger partial charge is 0.488 e. The van der Waals surface area contributed by atoms with Crippen molar-refractivity contribution in [1.29, 1.82) is 0 Å². The topological polar surface area (TPSA) is 21.3 Å². The van der Waals surface area contributed by atoms with Crippen LogP contribution >= 0.6 is 27.5 Å². The average molecular weight is 373 g/mol. The van der Waals surface area contributed by atoms with Gasteiger partial charge in [-0.1, -0.05) is 47.3 Å². The lowest BCUT2D eigenvalue weighted by molar-refractivity contribution is -0.0759. The molecule has 2 nitrogen and oxygen atoms in total. The molecule has 2 aliphatic rings. The summed E-state index contributed by atoms with van der Waals surface area (Å²) in [4.78, 5) is 0. The van der Waals surface area contributed by atoms with E-state index < -0.39 is 0 Å². The van der Waals surface area contributed by atoms with Crippen molar-refractivity contribution in [2.45, 2.75) is 57.6 Å². The third-order valence-corrected chi connectivity index (χ3v) is 5.91.